The first-order valence-electron chi connectivity index (χ1n) is 14.0. The van der Waals surface area contributed by atoms with Gasteiger partial charge in [0.2, 0.25) is 5.91 Å². The smallest absolute Gasteiger partial charge is 0.366 e. The normalized spacial score (nSPS) is 12.5. The van der Waals surface area contributed by atoms with Crippen molar-refractivity contribution in [1.82, 2.24) is 4.72 Å². The molecule has 0 saturated carbocycles. The highest BCUT2D eigenvalue weighted by molar-refractivity contribution is 7.85. The number of carbonyl (C=O) groups is 1. The van der Waals surface area contributed by atoms with Crippen LogP contribution in [0, 0.1) is 0 Å². The van der Waals surface area contributed by atoms with Gasteiger partial charge in [0.25, 0.3) is 0 Å². The van der Waals surface area contributed by atoms with E-state index in [1.807, 2.05) is 39.8 Å². The maximum Gasteiger partial charge on any atom is 0.409 e. The summed E-state index contributed by atoms with van der Waals surface area (Å²) < 4.78 is 34.3. The van der Waals surface area contributed by atoms with E-state index in [-0.39, 0.29) is 30.1 Å². The first-order valence-corrected chi connectivity index (χ1v) is 15.4. The fourth-order valence-corrected chi connectivity index (χ4v) is 5.57. The van der Waals surface area contributed by atoms with E-state index in [1.165, 1.54) is 5.56 Å². The van der Waals surface area contributed by atoms with Crippen LogP contribution in [0.4, 0.5) is 0 Å². The highest BCUT2D eigenvalue weighted by atomic mass is 32.2. The topological polar surface area (TPSA) is 72.5 Å². The number of amides is 1. The Bertz CT molecular complexity index is 1180. The fourth-order valence-electron chi connectivity index (χ4n) is 4.76. The zero-order valence-corrected chi connectivity index (χ0v) is 26.3. The minimum atomic E-state index is -4.39. The van der Waals surface area contributed by atoms with E-state index in [0.717, 1.165) is 33.4 Å². The van der Waals surface area contributed by atoms with Crippen LogP contribution >= 0.6 is 0 Å². The van der Waals surface area contributed by atoms with Crippen LogP contribution in [0.1, 0.15) is 158 Å². The lowest BCUT2D eigenvalue weighted by molar-refractivity contribution is -0.118. The third-order valence-electron chi connectivity index (χ3n) is 7.10. The van der Waals surface area contributed by atoms with E-state index in [2.05, 4.69) is 72.2 Å². The maximum absolute atomic E-state index is 13.2. The summed E-state index contributed by atoms with van der Waals surface area (Å²) >= 11 is 0. The summed E-state index contributed by atoms with van der Waals surface area (Å²) in [5, 5.41) is 0. The lowest BCUT2D eigenvalue weighted by atomic mass is 9.83. The summed E-state index contributed by atoms with van der Waals surface area (Å²) in [6, 6.07) is 8.37. The second-order valence-corrected chi connectivity index (χ2v) is 13.7. The molecule has 5 nitrogen and oxygen atoms in total. The Hall–Kier alpha value is -2.34. The SMILES string of the molecule is CC(C)c1cc(C(C)C)c(CC(=O)NS(=O)(=O)Oc2c(C(C)C)cc(C(C)C)cc2C(C)C)c(C(C)C)c1. The molecule has 0 aliphatic rings. The second kappa shape index (κ2) is 12.7. The number of benzene rings is 2. The lowest BCUT2D eigenvalue weighted by Crippen LogP contribution is -2.36. The van der Waals surface area contributed by atoms with Gasteiger partial charge in [0, 0.05) is 0 Å². The van der Waals surface area contributed by atoms with E-state index < -0.39 is 16.2 Å². The van der Waals surface area contributed by atoms with Crippen molar-refractivity contribution in [2.24, 2.45) is 0 Å². The third-order valence-corrected chi connectivity index (χ3v) is 7.96. The molecule has 212 valence electrons. The van der Waals surface area contributed by atoms with Gasteiger partial charge in [0.1, 0.15) is 0 Å². The summed E-state index contributed by atoms with van der Waals surface area (Å²) in [5.41, 5.74) is 7.09. The van der Waals surface area contributed by atoms with Crippen LogP contribution in [0.2, 0.25) is 0 Å². The molecule has 0 bridgehead atoms. The van der Waals surface area contributed by atoms with E-state index in [0.29, 0.717) is 17.6 Å². The highest BCUT2D eigenvalue weighted by Gasteiger charge is 2.26. The van der Waals surface area contributed by atoms with E-state index >= 15 is 0 Å². The van der Waals surface area contributed by atoms with Crippen LogP contribution in [0.15, 0.2) is 24.3 Å². The largest absolute Gasteiger partial charge is 0.409 e. The number of hydrogen-bond donors (Lipinski definition) is 1. The van der Waals surface area contributed by atoms with Crippen LogP contribution in [0.5, 0.6) is 5.75 Å². The molecule has 0 fully saturated rings. The van der Waals surface area contributed by atoms with Crippen molar-refractivity contribution in [3.05, 3.63) is 63.2 Å². The average Bonchev–Trinajstić information content (AvgIpc) is 2.77. The Kier molecular flexibility index (Phi) is 10.6. The zero-order valence-electron chi connectivity index (χ0n) is 25.5. The van der Waals surface area contributed by atoms with Gasteiger partial charge >= 0.3 is 10.3 Å². The lowest BCUT2D eigenvalue weighted by Gasteiger charge is -2.23. The summed E-state index contributed by atoms with van der Waals surface area (Å²) in [6.45, 7) is 25.0. The van der Waals surface area contributed by atoms with Crippen molar-refractivity contribution in [1.29, 1.82) is 0 Å². The first-order chi connectivity index (χ1) is 17.4. The van der Waals surface area contributed by atoms with Crippen molar-refractivity contribution in [3.63, 3.8) is 0 Å². The first kappa shape index (κ1) is 31.9. The molecule has 2 aromatic carbocycles. The zero-order chi connectivity index (χ0) is 29.1. The van der Waals surface area contributed by atoms with E-state index in [1.54, 1.807) is 0 Å². The molecule has 0 saturated heterocycles. The van der Waals surface area contributed by atoms with Crippen LogP contribution in [-0.2, 0) is 21.5 Å². The molecule has 0 aliphatic carbocycles. The summed E-state index contributed by atoms with van der Waals surface area (Å²) in [6.07, 6.45) is -0.0254. The van der Waals surface area contributed by atoms with Crippen LogP contribution in [0.25, 0.3) is 0 Å². The molecule has 0 aliphatic heterocycles. The Balaban J connectivity index is 2.46. The Morgan fingerprint density at radius 3 is 1.29 bits per heavy atom. The molecule has 0 unspecified atom stereocenters. The highest BCUT2D eigenvalue weighted by Crippen LogP contribution is 2.38. The van der Waals surface area contributed by atoms with E-state index in [9.17, 15) is 13.2 Å². The summed E-state index contributed by atoms with van der Waals surface area (Å²) in [7, 11) is -4.39. The van der Waals surface area contributed by atoms with Crippen molar-refractivity contribution >= 4 is 16.2 Å². The molecule has 38 heavy (non-hydrogen) atoms. The van der Waals surface area contributed by atoms with Crippen molar-refractivity contribution in [3.8, 4) is 5.75 Å². The van der Waals surface area contributed by atoms with Crippen molar-refractivity contribution < 1.29 is 17.4 Å². The Labute approximate surface area is 232 Å². The molecule has 2 rings (SSSR count). The molecule has 0 heterocycles. The van der Waals surface area contributed by atoms with Gasteiger partial charge in [-0.15, -0.1) is 0 Å². The van der Waals surface area contributed by atoms with Crippen molar-refractivity contribution in [2.45, 2.75) is 125 Å². The summed E-state index contributed by atoms with van der Waals surface area (Å²) in [5.74, 6) is 0.875. The van der Waals surface area contributed by atoms with Gasteiger partial charge in [-0.3, -0.25) is 4.79 Å². The molecule has 2 aromatic rings. The molecule has 6 heteroatoms. The number of nitrogens with one attached hydrogen (secondary N) is 1. The minimum Gasteiger partial charge on any atom is -0.366 e. The number of hydrogen-bond acceptors (Lipinski definition) is 4. The molecule has 1 amide bonds. The van der Waals surface area contributed by atoms with Crippen LogP contribution < -0.4 is 8.91 Å². The van der Waals surface area contributed by atoms with Gasteiger partial charge in [-0.1, -0.05) is 107 Å². The van der Waals surface area contributed by atoms with Gasteiger partial charge < -0.3 is 4.18 Å². The second-order valence-electron chi connectivity index (χ2n) is 12.4. The van der Waals surface area contributed by atoms with Gasteiger partial charge in [0.05, 0.1) is 6.42 Å². The molecule has 1 N–H and O–H groups in total. The molecule has 0 aromatic heterocycles. The fraction of sp³-hybridized carbons (Fsp3) is 0.594. The molecular formula is C32H49NO4S. The maximum atomic E-state index is 13.2. The monoisotopic (exact) mass is 543 g/mol. The van der Waals surface area contributed by atoms with Crippen LogP contribution in [-0.4, -0.2) is 14.3 Å². The molecular weight excluding hydrogens is 494 g/mol. The quantitative estimate of drug-likeness (QED) is 0.309. The standard InChI is InChI=1S/C32H49NO4S/c1-18(2)24-13-26(20(5)6)30(27(14-24)21(7)8)17-31(34)33-38(35,36)37-32-28(22(9)10)15-25(19(3)4)16-29(32)23(11)12/h13-16,18-23H,17H2,1-12H3,(H,33,34). The predicted molar refractivity (Wildman–Crippen MR) is 159 cm³/mol. The Morgan fingerprint density at radius 1 is 0.632 bits per heavy atom. The molecule has 0 atom stereocenters. The van der Waals surface area contributed by atoms with Crippen LogP contribution in [0.3, 0.4) is 0 Å². The summed E-state index contributed by atoms with van der Waals surface area (Å²) in [4.78, 5) is 13.2. The third kappa shape index (κ3) is 7.84. The van der Waals surface area contributed by atoms with Crippen molar-refractivity contribution in [2.75, 3.05) is 0 Å². The predicted octanol–water partition coefficient (Wildman–Crippen LogP) is 8.41. The number of rotatable bonds is 11. The van der Waals surface area contributed by atoms with Gasteiger partial charge in [-0.25, -0.2) is 4.72 Å². The molecule has 0 spiro atoms. The average molecular weight is 544 g/mol. The van der Waals surface area contributed by atoms with Gasteiger partial charge in [0.15, 0.2) is 5.75 Å². The minimum absolute atomic E-state index is 0.0254. The van der Waals surface area contributed by atoms with Gasteiger partial charge in [-0.05, 0) is 74.5 Å². The Morgan fingerprint density at radius 2 is 0.974 bits per heavy atom. The number of carbonyl (C=O) groups excluding carboxylic acids is 1. The molecule has 0 radical (unpaired) electrons. The van der Waals surface area contributed by atoms with Gasteiger partial charge in [-0.2, -0.15) is 8.42 Å². The van der Waals surface area contributed by atoms with E-state index in [4.69, 9.17) is 4.18 Å².